The van der Waals surface area contributed by atoms with Crippen LogP contribution in [0, 0.1) is 23.6 Å². The summed E-state index contributed by atoms with van der Waals surface area (Å²) in [6, 6.07) is 13.7. The van der Waals surface area contributed by atoms with Gasteiger partial charge in [0.2, 0.25) is 0 Å². The zero-order valence-corrected chi connectivity index (χ0v) is 16.9. The molecule has 4 bridgehead atoms. The minimum absolute atomic E-state index is 0.176. The minimum atomic E-state index is -0.847. The van der Waals surface area contributed by atoms with Crippen LogP contribution in [0.1, 0.15) is 54.4 Å². The van der Waals surface area contributed by atoms with Crippen LogP contribution in [-0.4, -0.2) is 18.5 Å². The molecule has 4 saturated carbocycles. The summed E-state index contributed by atoms with van der Waals surface area (Å²) in [6.07, 6.45) is 8.15. The summed E-state index contributed by atoms with van der Waals surface area (Å²) in [7, 11) is 0. The van der Waals surface area contributed by atoms with E-state index in [1.165, 1.54) is 62.3 Å². The van der Waals surface area contributed by atoms with E-state index in [9.17, 15) is 14.0 Å². The highest BCUT2D eigenvalue weighted by molar-refractivity contribution is 5.95. The molecule has 30 heavy (non-hydrogen) atoms. The van der Waals surface area contributed by atoms with Gasteiger partial charge in [0, 0.05) is 5.69 Å². The van der Waals surface area contributed by atoms with Crippen molar-refractivity contribution < 1.29 is 18.7 Å². The van der Waals surface area contributed by atoms with Crippen molar-refractivity contribution in [3.63, 3.8) is 0 Å². The second-order valence-electron chi connectivity index (χ2n) is 9.38. The third kappa shape index (κ3) is 3.62. The lowest BCUT2D eigenvalue weighted by molar-refractivity contribution is -0.119. The number of anilines is 1. The third-order valence-corrected chi connectivity index (χ3v) is 7.25. The first-order valence-electron chi connectivity index (χ1n) is 10.8. The van der Waals surface area contributed by atoms with Crippen molar-refractivity contribution in [1.29, 1.82) is 0 Å². The van der Waals surface area contributed by atoms with E-state index in [-0.39, 0.29) is 5.56 Å². The molecule has 0 heterocycles. The van der Waals surface area contributed by atoms with E-state index in [4.69, 9.17) is 4.74 Å². The summed E-state index contributed by atoms with van der Waals surface area (Å²) in [5, 5.41) is 2.75. The Hall–Kier alpha value is -2.69. The first-order valence-corrected chi connectivity index (χ1v) is 10.8. The summed E-state index contributed by atoms with van der Waals surface area (Å²) in [5.74, 6) is 0.713. The zero-order chi connectivity index (χ0) is 20.7. The van der Waals surface area contributed by atoms with Gasteiger partial charge in [-0.15, -0.1) is 0 Å². The molecule has 4 nitrogen and oxygen atoms in total. The molecule has 1 N–H and O–H groups in total. The van der Waals surface area contributed by atoms with E-state index in [0.29, 0.717) is 11.1 Å². The standard InChI is InChI=1S/C25H26FNO3/c26-22-4-2-1-3-21(22)24(29)30-15-23(28)27-20-7-5-19(6-8-20)25-12-16-9-17(13-25)11-18(10-16)14-25/h1-8,16-18H,9-15H2,(H,27,28). The molecule has 0 radical (unpaired) electrons. The average molecular weight is 407 g/mol. The SMILES string of the molecule is O=C(COC(=O)c1ccccc1F)Nc1ccc(C23CC4CC(CC(C4)C2)C3)cc1. The molecule has 0 aliphatic heterocycles. The fourth-order valence-electron chi connectivity index (χ4n) is 6.40. The minimum Gasteiger partial charge on any atom is -0.452 e. The summed E-state index contributed by atoms with van der Waals surface area (Å²) >= 11 is 0. The number of carbonyl (C=O) groups is 2. The van der Waals surface area contributed by atoms with Crippen molar-refractivity contribution in [3.8, 4) is 0 Å². The van der Waals surface area contributed by atoms with Gasteiger partial charge in [-0.3, -0.25) is 4.79 Å². The van der Waals surface area contributed by atoms with Crippen molar-refractivity contribution >= 4 is 17.6 Å². The van der Waals surface area contributed by atoms with Crippen LogP contribution in [0.25, 0.3) is 0 Å². The Kier molecular flexibility index (Phi) is 4.84. The van der Waals surface area contributed by atoms with Crippen LogP contribution in [-0.2, 0) is 14.9 Å². The molecular formula is C25H26FNO3. The number of amides is 1. The number of ether oxygens (including phenoxy) is 1. The van der Waals surface area contributed by atoms with Gasteiger partial charge in [0.1, 0.15) is 5.82 Å². The Morgan fingerprint density at radius 2 is 1.53 bits per heavy atom. The van der Waals surface area contributed by atoms with Gasteiger partial charge in [-0.1, -0.05) is 24.3 Å². The molecule has 6 rings (SSSR count). The molecule has 4 aliphatic rings. The zero-order valence-electron chi connectivity index (χ0n) is 16.9. The van der Waals surface area contributed by atoms with Crippen molar-refractivity contribution in [3.05, 3.63) is 65.5 Å². The number of hydrogen-bond donors (Lipinski definition) is 1. The van der Waals surface area contributed by atoms with E-state index in [2.05, 4.69) is 17.4 Å². The normalized spacial score (nSPS) is 28.9. The molecule has 5 heteroatoms. The Morgan fingerprint density at radius 1 is 0.933 bits per heavy atom. The van der Waals surface area contributed by atoms with Crippen molar-refractivity contribution in [2.45, 2.75) is 43.9 Å². The Balaban J connectivity index is 1.19. The molecule has 2 aromatic carbocycles. The van der Waals surface area contributed by atoms with Crippen LogP contribution >= 0.6 is 0 Å². The lowest BCUT2D eigenvalue weighted by Crippen LogP contribution is -2.48. The summed E-state index contributed by atoms with van der Waals surface area (Å²) in [4.78, 5) is 24.1. The van der Waals surface area contributed by atoms with Crippen LogP contribution in [0.4, 0.5) is 10.1 Å². The quantitative estimate of drug-likeness (QED) is 0.703. The first kappa shape index (κ1) is 19.3. The van der Waals surface area contributed by atoms with E-state index in [1.807, 2.05) is 12.1 Å². The third-order valence-electron chi connectivity index (χ3n) is 7.25. The second-order valence-corrected chi connectivity index (χ2v) is 9.38. The lowest BCUT2D eigenvalue weighted by Gasteiger charge is -2.57. The van der Waals surface area contributed by atoms with Crippen molar-refractivity contribution in [2.75, 3.05) is 11.9 Å². The van der Waals surface area contributed by atoms with Crippen LogP contribution in [0.3, 0.4) is 0 Å². The summed E-state index contributed by atoms with van der Waals surface area (Å²) < 4.78 is 18.6. The first-order chi connectivity index (χ1) is 14.5. The summed E-state index contributed by atoms with van der Waals surface area (Å²) in [6.45, 7) is -0.454. The molecule has 2 aromatic rings. The number of halogens is 1. The van der Waals surface area contributed by atoms with Gasteiger partial charge in [-0.05, 0) is 91.5 Å². The Labute approximate surface area is 175 Å². The molecule has 156 valence electrons. The van der Waals surface area contributed by atoms with Gasteiger partial charge in [-0.2, -0.15) is 0 Å². The van der Waals surface area contributed by atoms with E-state index < -0.39 is 24.3 Å². The lowest BCUT2D eigenvalue weighted by atomic mass is 9.48. The molecule has 4 fully saturated rings. The number of rotatable bonds is 5. The number of benzene rings is 2. The molecule has 0 saturated heterocycles. The molecule has 4 aliphatic carbocycles. The topological polar surface area (TPSA) is 55.4 Å². The molecule has 0 unspecified atom stereocenters. The van der Waals surface area contributed by atoms with E-state index >= 15 is 0 Å². The van der Waals surface area contributed by atoms with Gasteiger partial charge in [-0.25, -0.2) is 9.18 Å². The van der Waals surface area contributed by atoms with E-state index in [0.717, 1.165) is 17.8 Å². The number of hydrogen-bond acceptors (Lipinski definition) is 3. The number of esters is 1. The predicted octanol–water partition coefficient (Wildman–Crippen LogP) is 5.09. The molecule has 0 aromatic heterocycles. The van der Waals surface area contributed by atoms with Crippen LogP contribution in [0.15, 0.2) is 48.5 Å². The fraction of sp³-hybridized carbons (Fsp3) is 0.440. The Bertz CT molecular complexity index is 933. The second kappa shape index (κ2) is 7.53. The fourth-order valence-corrected chi connectivity index (χ4v) is 6.40. The molecule has 1 amide bonds. The average Bonchev–Trinajstić information content (AvgIpc) is 2.72. The van der Waals surface area contributed by atoms with E-state index in [1.54, 1.807) is 6.07 Å². The molecule has 0 atom stereocenters. The van der Waals surface area contributed by atoms with Gasteiger partial charge < -0.3 is 10.1 Å². The maximum absolute atomic E-state index is 13.6. The van der Waals surface area contributed by atoms with Gasteiger partial charge in [0.15, 0.2) is 6.61 Å². The highest BCUT2D eigenvalue weighted by Gasteiger charge is 2.51. The van der Waals surface area contributed by atoms with Gasteiger partial charge >= 0.3 is 5.97 Å². The highest BCUT2D eigenvalue weighted by atomic mass is 19.1. The number of nitrogens with one attached hydrogen (secondary N) is 1. The van der Waals surface area contributed by atoms with Crippen LogP contribution in [0.2, 0.25) is 0 Å². The highest BCUT2D eigenvalue weighted by Crippen LogP contribution is 2.60. The van der Waals surface area contributed by atoms with Gasteiger partial charge in [0.05, 0.1) is 5.56 Å². The molecule has 0 spiro atoms. The molecular weight excluding hydrogens is 381 g/mol. The smallest absolute Gasteiger partial charge is 0.341 e. The van der Waals surface area contributed by atoms with Crippen LogP contribution < -0.4 is 5.32 Å². The monoisotopic (exact) mass is 407 g/mol. The maximum Gasteiger partial charge on any atom is 0.341 e. The predicted molar refractivity (Wildman–Crippen MR) is 112 cm³/mol. The van der Waals surface area contributed by atoms with Gasteiger partial charge in [0.25, 0.3) is 5.91 Å². The van der Waals surface area contributed by atoms with Crippen LogP contribution in [0.5, 0.6) is 0 Å². The summed E-state index contributed by atoms with van der Waals surface area (Å²) in [5.41, 5.74) is 2.22. The number of carbonyl (C=O) groups excluding carboxylic acids is 2. The van der Waals surface area contributed by atoms with Crippen molar-refractivity contribution in [1.82, 2.24) is 0 Å². The largest absolute Gasteiger partial charge is 0.452 e. The van der Waals surface area contributed by atoms with Crippen molar-refractivity contribution in [2.24, 2.45) is 17.8 Å². The maximum atomic E-state index is 13.6. The Morgan fingerprint density at radius 3 is 2.13 bits per heavy atom.